The first-order valence-electron chi connectivity index (χ1n) is 16.0. The van der Waals surface area contributed by atoms with Crippen LogP contribution in [-0.2, 0) is 30.7 Å². The molecule has 15 nitrogen and oxygen atoms in total. The normalized spacial score (nSPS) is 21.1. The van der Waals surface area contributed by atoms with Crippen molar-refractivity contribution in [2.24, 2.45) is 11.8 Å². The van der Waals surface area contributed by atoms with Crippen molar-refractivity contribution in [1.82, 2.24) is 20.3 Å². The van der Waals surface area contributed by atoms with Crippen LogP contribution < -0.4 is 30.2 Å². The van der Waals surface area contributed by atoms with Crippen molar-refractivity contribution in [2.75, 3.05) is 53.3 Å². The molecule has 0 aromatic heterocycles. The largest absolute Gasteiger partial charge is 0.492 e. The molecule has 3 aliphatic heterocycles. The lowest BCUT2D eigenvalue weighted by molar-refractivity contribution is -0.0907. The van der Waals surface area contributed by atoms with Crippen LogP contribution in [0.25, 0.3) is 0 Å². The van der Waals surface area contributed by atoms with Gasteiger partial charge in [-0.15, -0.1) is 0 Å². The van der Waals surface area contributed by atoms with Crippen LogP contribution in [0.1, 0.15) is 25.8 Å². The first-order valence-corrected chi connectivity index (χ1v) is 17.4. The van der Waals surface area contributed by atoms with Gasteiger partial charge in [0, 0.05) is 26.2 Å². The molecule has 0 unspecified atom stereocenters. The predicted octanol–water partition coefficient (Wildman–Crippen LogP) is 1.83. The third-order valence-corrected chi connectivity index (χ3v) is 10.0. The molecule has 3 amide bonds. The number of aliphatic hydroxyl groups is 1. The number of alkyl carbamates (subject to hydrolysis) is 1. The first kappa shape index (κ1) is 35.5. The topological polar surface area (TPSA) is 183 Å². The number of nitrogens with zero attached hydrogens (tertiary/aromatic N) is 1. The Morgan fingerprint density at radius 1 is 1.06 bits per heavy atom. The minimum absolute atomic E-state index is 0.000108. The number of amides is 3. The monoisotopic (exact) mass is 692 g/mol. The zero-order valence-electron chi connectivity index (χ0n) is 27.3. The van der Waals surface area contributed by atoms with Crippen molar-refractivity contribution in [3.05, 3.63) is 48.0 Å². The van der Waals surface area contributed by atoms with Crippen molar-refractivity contribution in [3.8, 4) is 17.2 Å². The van der Waals surface area contributed by atoms with Gasteiger partial charge in [-0.3, -0.25) is 0 Å². The second kappa shape index (κ2) is 16.0. The van der Waals surface area contributed by atoms with Crippen molar-refractivity contribution < 1.29 is 51.5 Å². The number of nitrogens with one attached hydrogen (secondary N) is 3. The minimum Gasteiger partial charge on any atom is -0.492 e. The number of carbonyl (C=O) groups is 2. The Bertz CT molecular complexity index is 1510. The van der Waals surface area contributed by atoms with Crippen LogP contribution in [-0.4, -0.2) is 108 Å². The quantitative estimate of drug-likeness (QED) is 0.200. The second-order valence-corrected chi connectivity index (χ2v) is 14.2. The molecule has 5 rings (SSSR count). The summed E-state index contributed by atoms with van der Waals surface area (Å²) in [5.41, 5.74) is 0.748. The molecule has 264 valence electrons. The fraction of sp³-hybridized carbons (Fsp3) is 0.562. The van der Waals surface area contributed by atoms with Crippen LogP contribution in [0, 0.1) is 11.8 Å². The van der Waals surface area contributed by atoms with E-state index in [1.54, 1.807) is 24.3 Å². The Morgan fingerprint density at radius 2 is 1.83 bits per heavy atom. The zero-order chi connectivity index (χ0) is 34.3. The Hall–Kier alpha value is -3.83. The van der Waals surface area contributed by atoms with Gasteiger partial charge in [0.15, 0.2) is 17.8 Å². The molecule has 2 fully saturated rings. The van der Waals surface area contributed by atoms with Gasteiger partial charge in [0.25, 0.3) is 0 Å². The second-order valence-electron chi connectivity index (χ2n) is 12.2. The maximum absolute atomic E-state index is 13.9. The van der Waals surface area contributed by atoms with E-state index in [4.69, 9.17) is 28.4 Å². The molecule has 0 aliphatic carbocycles. The molecule has 0 spiro atoms. The maximum atomic E-state index is 13.9. The van der Waals surface area contributed by atoms with Gasteiger partial charge in [0.05, 0.1) is 42.7 Å². The lowest BCUT2D eigenvalue weighted by Gasteiger charge is -2.31. The number of benzene rings is 2. The first-order chi connectivity index (χ1) is 23.0. The molecule has 2 saturated heterocycles. The third kappa shape index (κ3) is 8.99. The summed E-state index contributed by atoms with van der Waals surface area (Å²) in [7, 11) is -2.56. The molecule has 2 aromatic carbocycles. The van der Waals surface area contributed by atoms with Crippen LogP contribution in [0.2, 0.25) is 0 Å². The molecule has 16 heteroatoms. The molecule has 0 bridgehead atoms. The van der Waals surface area contributed by atoms with Crippen molar-refractivity contribution in [1.29, 1.82) is 0 Å². The molecule has 48 heavy (non-hydrogen) atoms. The van der Waals surface area contributed by atoms with Crippen molar-refractivity contribution in [3.63, 3.8) is 0 Å². The van der Waals surface area contributed by atoms with Gasteiger partial charge < -0.3 is 49.5 Å². The molecule has 3 aliphatic rings. The zero-order valence-corrected chi connectivity index (χ0v) is 28.1. The smallest absolute Gasteiger partial charge is 0.407 e. The highest BCUT2D eigenvalue weighted by Crippen LogP contribution is 2.35. The Kier molecular flexibility index (Phi) is 11.9. The SMILES string of the molecule is CNC(=O)NCCOc1ccc(C[C@H](NC(=O)O[C@H]2CO[C@H]3OCC[C@H]32)[C@H](O)CN(CC(C)C)S(=O)(=O)c2ccc3c(c2)OCO3)cc1. The number of fused-ring (bicyclic) bond motifs is 2. The highest BCUT2D eigenvalue weighted by atomic mass is 32.2. The van der Waals surface area contributed by atoms with Gasteiger partial charge >= 0.3 is 12.1 Å². The van der Waals surface area contributed by atoms with Gasteiger partial charge in [-0.05, 0) is 48.6 Å². The summed E-state index contributed by atoms with van der Waals surface area (Å²) >= 11 is 0. The summed E-state index contributed by atoms with van der Waals surface area (Å²) < 4.78 is 62.2. The molecule has 0 radical (unpaired) electrons. The van der Waals surface area contributed by atoms with Gasteiger partial charge in [0.1, 0.15) is 18.5 Å². The number of hydrogen-bond acceptors (Lipinski definition) is 11. The van der Waals surface area contributed by atoms with E-state index in [9.17, 15) is 23.1 Å². The van der Waals surface area contributed by atoms with E-state index in [0.29, 0.717) is 36.8 Å². The van der Waals surface area contributed by atoms with E-state index < -0.39 is 40.7 Å². The Labute approximate surface area is 280 Å². The standard InChI is InChI=1S/C32H44N4O11S/c1-20(2)16-36(48(40,41)23-8-9-27-28(15-23)46-19-45-27)17-26(37)25(35-32(39)47-29-18-44-30-24(29)10-12-43-30)14-21-4-6-22(7-5-21)42-13-11-34-31(38)33-3/h4-9,15,20,24-26,29-30,37H,10-14,16-19H2,1-3H3,(H,35,39)(H2,33,34,38)/t24-,25-,26+,29-,30+/m0/s1. The van der Waals surface area contributed by atoms with Gasteiger partial charge in [-0.1, -0.05) is 26.0 Å². The van der Waals surface area contributed by atoms with Crippen LogP contribution in [0.3, 0.4) is 0 Å². The fourth-order valence-electron chi connectivity index (χ4n) is 5.75. The van der Waals surface area contributed by atoms with E-state index in [1.165, 1.54) is 29.6 Å². The number of carbonyl (C=O) groups excluding carboxylic acids is 2. The lowest BCUT2D eigenvalue weighted by atomic mass is 10.0. The minimum atomic E-state index is -4.08. The number of sulfonamides is 1. The van der Waals surface area contributed by atoms with Crippen LogP contribution >= 0.6 is 0 Å². The summed E-state index contributed by atoms with van der Waals surface area (Å²) in [5.74, 6) is 1.19. The molecule has 5 atom stereocenters. The van der Waals surface area contributed by atoms with Crippen LogP contribution in [0.4, 0.5) is 9.59 Å². The summed E-state index contributed by atoms with van der Waals surface area (Å²) in [4.78, 5) is 24.5. The van der Waals surface area contributed by atoms with Crippen molar-refractivity contribution >= 4 is 22.1 Å². The Balaban J connectivity index is 1.30. The average Bonchev–Trinajstić information content (AvgIpc) is 3.81. The number of rotatable bonds is 15. The Morgan fingerprint density at radius 3 is 2.58 bits per heavy atom. The van der Waals surface area contributed by atoms with Crippen LogP contribution in [0.5, 0.6) is 17.2 Å². The van der Waals surface area contributed by atoms with Crippen LogP contribution in [0.15, 0.2) is 47.4 Å². The highest BCUT2D eigenvalue weighted by molar-refractivity contribution is 7.89. The predicted molar refractivity (Wildman–Crippen MR) is 171 cm³/mol. The molecule has 2 aromatic rings. The highest BCUT2D eigenvalue weighted by Gasteiger charge is 2.44. The van der Waals surface area contributed by atoms with Gasteiger partial charge in [0.2, 0.25) is 16.8 Å². The molecular formula is C32H44N4O11S. The summed E-state index contributed by atoms with van der Waals surface area (Å²) in [5, 5.41) is 19.5. The van der Waals surface area contributed by atoms with Gasteiger partial charge in [-0.2, -0.15) is 4.31 Å². The van der Waals surface area contributed by atoms with E-state index in [2.05, 4.69) is 16.0 Å². The summed E-state index contributed by atoms with van der Waals surface area (Å²) in [6.45, 7) is 4.86. The molecular weight excluding hydrogens is 648 g/mol. The summed E-state index contributed by atoms with van der Waals surface area (Å²) in [6.07, 6.45) is -2.13. The number of urea groups is 1. The van der Waals surface area contributed by atoms with E-state index in [-0.39, 0.29) is 62.3 Å². The van der Waals surface area contributed by atoms with E-state index >= 15 is 0 Å². The molecule has 0 saturated carbocycles. The maximum Gasteiger partial charge on any atom is 0.407 e. The average molecular weight is 693 g/mol. The number of hydrogen-bond donors (Lipinski definition) is 4. The molecule has 4 N–H and O–H groups in total. The summed E-state index contributed by atoms with van der Waals surface area (Å²) in [6, 6.07) is 10.2. The number of ether oxygens (including phenoxy) is 6. The van der Waals surface area contributed by atoms with E-state index in [0.717, 1.165) is 5.56 Å². The van der Waals surface area contributed by atoms with E-state index in [1.807, 2.05) is 13.8 Å². The molecule has 3 heterocycles. The van der Waals surface area contributed by atoms with Crippen molar-refractivity contribution in [2.45, 2.75) is 56.1 Å². The number of aliphatic hydroxyl groups excluding tert-OH is 1. The lowest BCUT2D eigenvalue weighted by Crippen LogP contribution is -2.51. The van der Waals surface area contributed by atoms with Gasteiger partial charge in [-0.25, -0.2) is 18.0 Å². The third-order valence-electron chi connectivity index (χ3n) is 8.21. The fourth-order valence-corrected chi connectivity index (χ4v) is 7.39.